The van der Waals surface area contributed by atoms with Gasteiger partial charge >= 0.3 is 323 Å². The van der Waals surface area contributed by atoms with Crippen molar-refractivity contribution in [3.8, 4) is 0 Å². The van der Waals surface area contributed by atoms with Crippen LogP contribution in [0.2, 0.25) is 0 Å². The number of hydrogen-bond acceptors (Lipinski definition) is 0. The molecule has 0 nitrogen and oxygen atoms in total. The van der Waals surface area contributed by atoms with Crippen LogP contribution in [-0.2, 0) is 13.2 Å². The van der Waals surface area contributed by atoms with E-state index < -0.39 is 14.5 Å². The first-order valence-electron chi connectivity index (χ1n) is 21.7. The Morgan fingerprint density at radius 3 is 0.792 bits per heavy atom. The van der Waals surface area contributed by atoms with Gasteiger partial charge in [-0.25, -0.2) is 0 Å². The van der Waals surface area contributed by atoms with Crippen LogP contribution >= 0.6 is 41.8 Å². The number of hydrogen-bond donors (Lipinski definition) is 0. The standard InChI is InChI=1S/C43H74P2.2BrH.Ru/c1-8-22-36(23-9-1)43(44(37-24-10-2-11-25-37,38-26-12-3-13-27-38)39-28-14-4-15-29-39)45(40-30-16-5-17-31-40,41-32-18-6-19-33-41)42-34-20-7-21-35-42;;;/h1,8-9,22-23,37-45H,2-7,10-21,24-35H2;2*1H;/q;;;+2/p-2. The van der Waals surface area contributed by atoms with Crippen molar-refractivity contribution in [3.05, 3.63) is 35.9 Å². The third-order valence-corrected chi connectivity index (χ3v) is 33.6. The van der Waals surface area contributed by atoms with Crippen molar-refractivity contribution in [2.45, 2.75) is 232 Å². The first-order valence-corrected chi connectivity index (χ1v) is 34.2. The average molecular weight is 914 g/mol. The Kier molecular flexibility index (Phi) is 16.7. The molecule has 0 heterocycles. The van der Waals surface area contributed by atoms with E-state index in [1.54, 1.807) is 193 Å². The van der Waals surface area contributed by atoms with Crippen LogP contribution in [0.15, 0.2) is 30.3 Å². The molecule has 0 atom stereocenters. The summed E-state index contributed by atoms with van der Waals surface area (Å²) in [4.78, 5) is 0. The summed E-state index contributed by atoms with van der Waals surface area (Å²) in [7, 11) is -3.58. The molecule has 6 aliphatic rings. The summed E-state index contributed by atoms with van der Waals surface area (Å²) >= 11 is 6.64. The zero-order valence-corrected chi connectivity index (χ0v) is 37.7. The van der Waals surface area contributed by atoms with Crippen molar-refractivity contribution in [3.63, 3.8) is 0 Å². The Hall–Kier alpha value is 1.66. The molecule has 0 unspecified atom stereocenters. The van der Waals surface area contributed by atoms with Crippen LogP contribution in [0.25, 0.3) is 0 Å². The van der Waals surface area contributed by atoms with Gasteiger partial charge in [-0.3, -0.25) is 0 Å². The first kappa shape index (κ1) is 39.4. The Morgan fingerprint density at radius 1 is 0.375 bits per heavy atom. The maximum absolute atomic E-state index is 3.15. The van der Waals surface area contributed by atoms with Crippen molar-refractivity contribution >= 4 is 41.8 Å². The van der Waals surface area contributed by atoms with Gasteiger partial charge in [0.2, 0.25) is 0 Å². The zero-order chi connectivity index (χ0) is 33.1. The van der Waals surface area contributed by atoms with Gasteiger partial charge in [0.1, 0.15) is 0 Å². The number of rotatable bonds is 9. The van der Waals surface area contributed by atoms with Gasteiger partial charge in [-0.05, 0) is 0 Å². The van der Waals surface area contributed by atoms with Crippen molar-refractivity contribution in [1.82, 2.24) is 0 Å². The minimum absolute atomic E-state index is 0.335. The van der Waals surface area contributed by atoms with Crippen LogP contribution in [0.1, 0.15) is 204 Å². The van der Waals surface area contributed by atoms with Crippen molar-refractivity contribution in [2.75, 3.05) is 0 Å². The molecular formula is C43H74Br2P2Ru. The topological polar surface area (TPSA) is 0 Å². The summed E-state index contributed by atoms with van der Waals surface area (Å²) < 4.78 is 0. The molecule has 0 aliphatic heterocycles. The van der Waals surface area contributed by atoms with Gasteiger partial charge in [0.15, 0.2) is 0 Å². The van der Waals surface area contributed by atoms with E-state index in [1.807, 2.05) is 5.56 Å². The van der Waals surface area contributed by atoms with Crippen LogP contribution in [0.3, 0.4) is 0 Å². The Bertz CT molecular complexity index is 863. The molecule has 1 aromatic carbocycles. The molecule has 0 N–H and O–H groups in total. The van der Waals surface area contributed by atoms with Gasteiger partial charge in [-0.2, -0.15) is 0 Å². The summed E-state index contributed by atoms with van der Waals surface area (Å²) in [6, 6.07) is 13.1. The van der Waals surface area contributed by atoms with Crippen molar-refractivity contribution in [2.24, 2.45) is 0 Å². The van der Waals surface area contributed by atoms with Crippen LogP contribution in [0.4, 0.5) is 0 Å². The van der Waals surface area contributed by atoms with Crippen LogP contribution in [0, 0.1) is 0 Å². The molecule has 1 aromatic rings. The third kappa shape index (κ3) is 8.63. The molecule has 6 saturated carbocycles. The van der Waals surface area contributed by atoms with Crippen LogP contribution < -0.4 is 0 Å². The molecule has 0 spiro atoms. The fraction of sp³-hybridized carbons (Fsp3) is 0.860. The zero-order valence-electron chi connectivity index (χ0n) is 30.8. The van der Waals surface area contributed by atoms with E-state index in [4.69, 9.17) is 0 Å². The molecule has 0 aromatic heterocycles. The molecule has 278 valence electrons. The number of halogens is 2. The summed E-state index contributed by atoms with van der Waals surface area (Å²) in [5.41, 5.74) is 8.85. The van der Waals surface area contributed by atoms with Crippen LogP contribution in [-0.4, -0.2) is 34.0 Å². The summed E-state index contributed by atoms with van der Waals surface area (Å²) in [5, 5.41) is 1.08. The second-order valence-electron chi connectivity index (χ2n) is 17.9. The number of benzene rings is 1. The third-order valence-electron chi connectivity index (χ3n) is 16.0. The van der Waals surface area contributed by atoms with Gasteiger partial charge < -0.3 is 0 Å². The van der Waals surface area contributed by atoms with Crippen molar-refractivity contribution in [1.29, 1.82) is 0 Å². The monoisotopic (exact) mass is 912 g/mol. The van der Waals surface area contributed by atoms with E-state index in [0.717, 1.165) is 39.4 Å². The molecule has 6 fully saturated rings. The quantitative estimate of drug-likeness (QED) is 0.171. The van der Waals surface area contributed by atoms with E-state index in [9.17, 15) is 0 Å². The molecule has 7 rings (SSSR count). The summed E-state index contributed by atoms with van der Waals surface area (Å²) in [6.07, 6.45) is 47.9. The predicted octanol–water partition coefficient (Wildman–Crippen LogP) is 15.9. The molecule has 0 amide bonds. The van der Waals surface area contributed by atoms with Gasteiger partial charge in [0, 0.05) is 0 Å². The Morgan fingerprint density at radius 2 is 0.583 bits per heavy atom. The molecule has 5 heteroatoms. The van der Waals surface area contributed by atoms with E-state index in [0.29, 0.717) is 13.2 Å². The second kappa shape index (κ2) is 20.4. The normalized spacial score (nSPS) is 27.2. The van der Waals surface area contributed by atoms with Gasteiger partial charge in [-0.15, -0.1) is 0 Å². The van der Waals surface area contributed by atoms with E-state index in [2.05, 4.69) is 57.6 Å². The van der Waals surface area contributed by atoms with Gasteiger partial charge in [0.05, 0.1) is 0 Å². The van der Waals surface area contributed by atoms with Crippen LogP contribution in [0.5, 0.6) is 0 Å². The molecule has 48 heavy (non-hydrogen) atoms. The molecule has 0 bridgehead atoms. The Labute approximate surface area is 320 Å². The van der Waals surface area contributed by atoms with E-state index >= 15 is 0 Å². The maximum atomic E-state index is 3.15. The SMILES string of the molecule is [Br][Ru][Br].c1ccc(C([PH](C2CCCCC2)(C2CCCCC2)C2CCCCC2)[PH](C2CCCCC2)(C2CCCCC2)C2CCCCC2)cc1. The average Bonchev–Trinajstić information content (AvgIpc) is 3.18. The fourth-order valence-electron chi connectivity index (χ4n) is 14.7. The first-order chi connectivity index (χ1) is 23.8. The molecule has 6 aliphatic carbocycles. The van der Waals surface area contributed by atoms with Gasteiger partial charge in [0.25, 0.3) is 0 Å². The predicted molar refractivity (Wildman–Crippen MR) is 225 cm³/mol. The van der Waals surface area contributed by atoms with Crippen molar-refractivity contribution < 1.29 is 13.2 Å². The minimum atomic E-state index is -1.79. The molecule has 0 radical (unpaired) electrons. The summed E-state index contributed by atoms with van der Waals surface area (Å²) in [5.74, 6) is 0. The molecular weight excluding hydrogens is 839 g/mol. The summed E-state index contributed by atoms with van der Waals surface area (Å²) in [6.45, 7) is 0. The van der Waals surface area contributed by atoms with E-state index in [-0.39, 0.29) is 0 Å². The van der Waals surface area contributed by atoms with E-state index in [1.165, 1.54) is 0 Å². The second-order valence-corrected chi connectivity index (χ2v) is 36.6. The Balaban J connectivity index is 0.00000129. The molecule has 0 saturated heterocycles. The fourth-order valence-corrected chi connectivity index (χ4v) is 39.2. The van der Waals surface area contributed by atoms with Gasteiger partial charge in [-0.1, -0.05) is 0 Å².